The Morgan fingerprint density at radius 3 is 2.53 bits per heavy atom. The first kappa shape index (κ1) is 11.4. The average Bonchev–Trinajstić information content (AvgIpc) is 2.71. The maximum Gasteiger partial charge on any atom is 0.00696 e. The molecule has 0 saturated heterocycles. The van der Waals surface area contributed by atoms with Crippen LogP contribution < -0.4 is 5.32 Å². The standard InChI is InChI=1S/C14H27N/c1-12-5-4-8-14(11-12)15-10-9-13-6-2-3-7-13/h12-15H,2-11H2,1H3. The first-order valence-corrected chi connectivity index (χ1v) is 7.08. The highest BCUT2D eigenvalue weighted by Crippen LogP contribution is 2.27. The lowest BCUT2D eigenvalue weighted by Crippen LogP contribution is -2.34. The minimum atomic E-state index is 0.843. The molecule has 1 heteroatoms. The maximum atomic E-state index is 3.78. The minimum Gasteiger partial charge on any atom is -0.314 e. The van der Waals surface area contributed by atoms with Gasteiger partial charge in [0.1, 0.15) is 0 Å². The molecule has 0 aromatic heterocycles. The first-order chi connectivity index (χ1) is 7.34. The van der Waals surface area contributed by atoms with Crippen LogP contribution in [0.4, 0.5) is 0 Å². The molecule has 88 valence electrons. The third-order valence-corrected chi connectivity index (χ3v) is 4.40. The Morgan fingerprint density at radius 1 is 1.00 bits per heavy atom. The second-order valence-electron chi connectivity index (χ2n) is 5.86. The van der Waals surface area contributed by atoms with Crippen molar-refractivity contribution in [3.8, 4) is 0 Å². The Kier molecular flexibility index (Phi) is 4.49. The molecule has 2 fully saturated rings. The molecule has 0 heterocycles. The van der Waals surface area contributed by atoms with Gasteiger partial charge in [-0.25, -0.2) is 0 Å². The molecule has 2 unspecified atom stereocenters. The molecule has 2 aliphatic rings. The molecule has 0 aliphatic heterocycles. The van der Waals surface area contributed by atoms with E-state index in [-0.39, 0.29) is 0 Å². The van der Waals surface area contributed by atoms with E-state index in [1.165, 1.54) is 64.3 Å². The highest BCUT2D eigenvalue weighted by atomic mass is 14.9. The summed E-state index contributed by atoms with van der Waals surface area (Å²) in [6, 6.07) is 0.843. The fourth-order valence-electron chi connectivity index (χ4n) is 3.41. The highest BCUT2D eigenvalue weighted by molar-refractivity contribution is 4.76. The van der Waals surface area contributed by atoms with Gasteiger partial charge >= 0.3 is 0 Å². The van der Waals surface area contributed by atoms with Gasteiger partial charge in [-0.3, -0.25) is 0 Å². The lowest BCUT2D eigenvalue weighted by Gasteiger charge is -2.28. The summed E-state index contributed by atoms with van der Waals surface area (Å²) >= 11 is 0. The van der Waals surface area contributed by atoms with Crippen molar-refractivity contribution >= 4 is 0 Å². The van der Waals surface area contributed by atoms with Crippen LogP contribution in [0.2, 0.25) is 0 Å². The molecular weight excluding hydrogens is 182 g/mol. The van der Waals surface area contributed by atoms with E-state index in [1.54, 1.807) is 0 Å². The van der Waals surface area contributed by atoms with Gasteiger partial charge in [0.25, 0.3) is 0 Å². The molecule has 2 atom stereocenters. The van der Waals surface area contributed by atoms with Crippen molar-refractivity contribution in [2.45, 2.75) is 70.8 Å². The third kappa shape index (κ3) is 3.79. The molecule has 0 aromatic rings. The van der Waals surface area contributed by atoms with Crippen molar-refractivity contribution in [3.63, 3.8) is 0 Å². The summed E-state index contributed by atoms with van der Waals surface area (Å²) in [5.74, 6) is 2.02. The molecular formula is C14H27N. The van der Waals surface area contributed by atoms with Crippen LogP contribution in [-0.4, -0.2) is 12.6 Å². The van der Waals surface area contributed by atoms with Gasteiger partial charge in [-0.2, -0.15) is 0 Å². The zero-order valence-electron chi connectivity index (χ0n) is 10.3. The average molecular weight is 209 g/mol. The molecule has 15 heavy (non-hydrogen) atoms. The number of nitrogens with one attached hydrogen (secondary N) is 1. The van der Waals surface area contributed by atoms with Crippen LogP contribution in [0.15, 0.2) is 0 Å². The van der Waals surface area contributed by atoms with E-state index < -0.39 is 0 Å². The van der Waals surface area contributed by atoms with Crippen molar-refractivity contribution < 1.29 is 0 Å². The quantitative estimate of drug-likeness (QED) is 0.744. The van der Waals surface area contributed by atoms with Crippen LogP contribution in [0, 0.1) is 11.8 Å². The summed E-state index contributed by atoms with van der Waals surface area (Å²) in [6.45, 7) is 3.69. The summed E-state index contributed by atoms with van der Waals surface area (Å²) in [5.41, 5.74) is 0. The summed E-state index contributed by atoms with van der Waals surface area (Å²) in [5, 5.41) is 3.78. The van der Waals surface area contributed by atoms with Gasteiger partial charge in [-0.1, -0.05) is 45.4 Å². The molecule has 0 aromatic carbocycles. The van der Waals surface area contributed by atoms with E-state index in [0.717, 1.165) is 17.9 Å². The van der Waals surface area contributed by atoms with Crippen molar-refractivity contribution in [2.24, 2.45) is 11.8 Å². The van der Waals surface area contributed by atoms with E-state index in [0.29, 0.717) is 0 Å². The van der Waals surface area contributed by atoms with Crippen LogP contribution in [0.3, 0.4) is 0 Å². The molecule has 1 nitrogen and oxygen atoms in total. The molecule has 1 N–H and O–H groups in total. The highest BCUT2D eigenvalue weighted by Gasteiger charge is 2.19. The fourth-order valence-corrected chi connectivity index (χ4v) is 3.41. The van der Waals surface area contributed by atoms with Crippen LogP contribution in [-0.2, 0) is 0 Å². The van der Waals surface area contributed by atoms with Gasteiger partial charge < -0.3 is 5.32 Å². The van der Waals surface area contributed by atoms with Crippen molar-refractivity contribution in [1.82, 2.24) is 5.32 Å². The number of hydrogen-bond acceptors (Lipinski definition) is 1. The zero-order valence-corrected chi connectivity index (χ0v) is 10.3. The van der Waals surface area contributed by atoms with Crippen molar-refractivity contribution in [1.29, 1.82) is 0 Å². The Bertz CT molecular complexity index is 172. The monoisotopic (exact) mass is 209 g/mol. The van der Waals surface area contributed by atoms with Crippen molar-refractivity contribution in [2.75, 3.05) is 6.54 Å². The molecule has 2 aliphatic carbocycles. The number of hydrogen-bond donors (Lipinski definition) is 1. The largest absolute Gasteiger partial charge is 0.314 e. The Labute approximate surface area is 95.0 Å². The normalized spacial score (nSPS) is 33.4. The second-order valence-corrected chi connectivity index (χ2v) is 5.86. The summed E-state index contributed by atoms with van der Waals surface area (Å²) in [7, 11) is 0. The summed E-state index contributed by atoms with van der Waals surface area (Å²) in [6.07, 6.45) is 13.2. The van der Waals surface area contributed by atoms with E-state index >= 15 is 0 Å². The lowest BCUT2D eigenvalue weighted by atomic mass is 9.87. The minimum absolute atomic E-state index is 0.843. The van der Waals surface area contributed by atoms with E-state index in [4.69, 9.17) is 0 Å². The topological polar surface area (TPSA) is 12.0 Å². The van der Waals surface area contributed by atoms with Gasteiger partial charge in [0.05, 0.1) is 0 Å². The summed E-state index contributed by atoms with van der Waals surface area (Å²) in [4.78, 5) is 0. The van der Waals surface area contributed by atoms with Gasteiger partial charge in [0.15, 0.2) is 0 Å². The van der Waals surface area contributed by atoms with E-state index in [1.807, 2.05) is 0 Å². The lowest BCUT2D eigenvalue weighted by molar-refractivity contribution is 0.295. The van der Waals surface area contributed by atoms with Gasteiger partial charge in [0, 0.05) is 6.04 Å². The van der Waals surface area contributed by atoms with Crippen LogP contribution in [0.25, 0.3) is 0 Å². The van der Waals surface area contributed by atoms with Crippen LogP contribution in [0.1, 0.15) is 64.7 Å². The Hall–Kier alpha value is -0.0400. The smallest absolute Gasteiger partial charge is 0.00696 e. The van der Waals surface area contributed by atoms with Gasteiger partial charge in [-0.15, -0.1) is 0 Å². The molecule has 2 saturated carbocycles. The maximum absolute atomic E-state index is 3.78. The SMILES string of the molecule is CC1CCCC(NCCC2CCCC2)C1. The number of rotatable bonds is 4. The summed E-state index contributed by atoms with van der Waals surface area (Å²) < 4.78 is 0. The van der Waals surface area contributed by atoms with E-state index in [2.05, 4.69) is 12.2 Å². The molecule has 0 radical (unpaired) electrons. The molecule has 2 rings (SSSR count). The Balaban J connectivity index is 1.56. The zero-order chi connectivity index (χ0) is 10.5. The molecule has 0 amide bonds. The predicted octanol–water partition coefficient (Wildman–Crippen LogP) is 3.74. The van der Waals surface area contributed by atoms with Crippen LogP contribution in [0.5, 0.6) is 0 Å². The van der Waals surface area contributed by atoms with Gasteiger partial charge in [0.2, 0.25) is 0 Å². The first-order valence-electron chi connectivity index (χ1n) is 7.08. The molecule has 0 spiro atoms. The third-order valence-electron chi connectivity index (χ3n) is 4.40. The predicted molar refractivity (Wildman–Crippen MR) is 66.0 cm³/mol. The molecule has 0 bridgehead atoms. The fraction of sp³-hybridized carbons (Fsp3) is 1.00. The van der Waals surface area contributed by atoms with Crippen molar-refractivity contribution in [3.05, 3.63) is 0 Å². The Morgan fingerprint density at radius 2 is 1.80 bits per heavy atom. The second kappa shape index (κ2) is 5.89. The van der Waals surface area contributed by atoms with Crippen LogP contribution >= 0.6 is 0 Å². The van der Waals surface area contributed by atoms with E-state index in [9.17, 15) is 0 Å². The van der Waals surface area contributed by atoms with Gasteiger partial charge in [-0.05, 0) is 37.6 Å².